The molecule has 2 rings (SSSR count). The van der Waals surface area contributed by atoms with Crippen molar-refractivity contribution in [3.05, 3.63) is 39.7 Å². The van der Waals surface area contributed by atoms with Crippen molar-refractivity contribution in [3.63, 3.8) is 0 Å². The molecule has 1 heterocycles. The summed E-state index contributed by atoms with van der Waals surface area (Å²) >= 11 is 5.57. The molecule has 0 atom stereocenters. The Kier molecular flexibility index (Phi) is 2.44. The van der Waals surface area contributed by atoms with Gasteiger partial charge in [0, 0.05) is 0 Å². The lowest BCUT2D eigenvalue weighted by atomic mass is 10.1. The molecular weight excluding hydrogens is 219 g/mol. The van der Waals surface area contributed by atoms with Crippen LogP contribution >= 0.6 is 11.6 Å². The van der Waals surface area contributed by atoms with Gasteiger partial charge in [-0.2, -0.15) is 0 Å². The second-order valence-corrected chi connectivity index (χ2v) is 3.50. The molecule has 1 aromatic carbocycles. The van der Waals surface area contributed by atoms with Crippen LogP contribution in [0.5, 0.6) is 0 Å². The molecule has 2 aromatic rings. The Morgan fingerprint density at radius 3 is 2.93 bits per heavy atom. The molecule has 0 bridgehead atoms. The van der Waals surface area contributed by atoms with Gasteiger partial charge in [0.05, 0.1) is 11.4 Å². The molecule has 0 saturated carbocycles. The second kappa shape index (κ2) is 3.62. The maximum atomic E-state index is 13.4. The standard InChI is InChI=1S/C10H8ClFN2O/c1-5-2-3-6(12)8-9(5)13-7(4-11)14-10(8)15/h2-3H,4H2,1H3,(H,13,14,15). The van der Waals surface area contributed by atoms with Crippen LogP contribution in [0.25, 0.3) is 10.9 Å². The van der Waals surface area contributed by atoms with Crippen LogP contribution in [-0.2, 0) is 5.88 Å². The van der Waals surface area contributed by atoms with Gasteiger partial charge in [0.1, 0.15) is 17.0 Å². The zero-order valence-corrected chi connectivity index (χ0v) is 8.73. The maximum Gasteiger partial charge on any atom is 0.261 e. The van der Waals surface area contributed by atoms with Gasteiger partial charge in [0.2, 0.25) is 0 Å². The van der Waals surface area contributed by atoms with Gasteiger partial charge >= 0.3 is 0 Å². The molecule has 0 spiro atoms. The minimum atomic E-state index is -0.564. The summed E-state index contributed by atoms with van der Waals surface area (Å²) in [5.74, 6) is -0.116. The molecule has 3 nitrogen and oxygen atoms in total. The quantitative estimate of drug-likeness (QED) is 0.757. The van der Waals surface area contributed by atoms with E-state index in [1.54, 1.807) is 13.0 Å². The van der Waals surface area contributed by atoms with Crippen LogP contribution in [0.3, 0.4) is 0 Å². The van der Waals surface area contributed by atoms with Crippen molar-refractivity contribution >= 4 is 22.5 Å². The Balaban J connectivity index is 2.97. The van der Waals surface area contributed by atoms with Gasteiger partial charge < -0.3 is 4.98 Å². The molecule has 1 N–H and O–H groups in total. The summed E-state index contributed by atoms with van der Waals surface area (Å²) in [6, 6.07) is 2.84. The maximum absolute atomic E-state index is 13.4. The average Bonchev–Trinajstić information content (AvgIpc) is 2.23. The van der Waals surface area contributed by atoms with E-state index in [2.05, 4.69) is 9.97 Å². The summed E-state index contributed by atoms with van der Waals surface area (Å²) in [4.78, 5) is 18.1. The third kappa shape index (κ3) is 1.61. The van der Waals surface area contributed by atoms with Gasteiger partial charge in [0.25, 0.3) is 5.56 Å². The van der Waals surface area contributed by atoms with E-state index in [1.807, 2.05) is 0 Å². The number of fused-ring (bicyclic) bond motifs is 1. The number of nitrogens with one attached hydrogen (secondary N) is 1. The van der Waals surface area contributed by atoms with Crippen LogP contribution in [0.1, 0.15) is 11.4 Å². The van der Waals surface area contributed by atoms with Crippen LogP contribution in [-0.4, -0.2) is 9.97 Å². The number of hydrogen-bond donors (Lipinski definition) is 1. The first kappa shape index (κ1) is 10.1. The Hall–Kier alpha value is -1.42. The lowest BCUT2D eigenvalue weighted by Gasteiger charge is -2.03. The zero-order chi connectivity index (χ0) is 11.0. The Morgan fingerprint density at radius 1 is 1.53 bits per heavy atom. The number of nitrogens with zero attached hydrogens (tertiary/aromatic N) is 1. The Morgan fingerprint density at radius 2 is 2.27 bits per heavy atom. The third-order valence-electron chi connectivity index (χ3n) is 2.19. The number of aromatic nitrogens is 2. The van der Waals surface area contributed by atoms with Gasteiger partial charge in [-0.15, -0.1) is 11.6 Å². The van der Waals surface area contributed by atoms with E-state index in [9.17, 15) is 9.18 Å². The number of hydrogen-bond acceptors (Lipinski definition) is 2. The second-order valence-electron chi connectivity index (χ2n) is 3.23. The normalized spacial score (nSPS) is 10.9. The molecule has 78 valence electrons. The van der Waals surface area contributed by atoms with E-state index in [1.165, 1.54) is 6.07 Å². The predicted molar refractivity (Wildman–Crippen MR) is 56.6 cm³/mol. The first-order valence-electron chi connectivity index (χ1n) is 4.37. The molecular formula is C10H8ClFN2O. The molecule has 0 aliphatic heterocycles. The highest BCUT2D eigenvalue weighted by molar-refractivity contribution is 6.16. The molecule has 0 aliphatic carbocycles. The van der Waals surface area contributed by atoms with Gasteiger partial charge in [-0.1, -0.05) is 6.07 Å². The fourth-order valence-electron chi connectivity index (χ4n) is 1.45. The Bertz CT molecular complexity index is 579. The van der Waals surface area contributed by atoms with E-state index < -0.39 is 11.4 Å². The SMILES string of the molecule is Cc1ccc(F)c2c(=O)[nH]c(CCl)nc12. The van der Waals surface area contributed by atoms with Crippen molar-refractivity contribution in [2.24, 2.45) is 0 Å². The van der Waals surface area contributed by atoms with Crippen molar-refractivity contribution in [2.45, 2.75) is 12.8 Å². The van der Waals surface area contributed by atoms with Crippen molar-refractivity contribution in [2.75, 3.05) is 0 Å². The van der Waals surface area contributed by atoms with Crippen LogP contribution in [0.4, 0.5) is 4.39 Å². The zero-order valence-electron chi connectivity index (χ0n) is 7.97. The summed E-state index contributed by atoms with van der Waals surface area (Å²) in [7, 11) is 0. The number of halogens is 2. The molecule has 1 aromatic heterocycles. The summed E-state index contributed by atoms with van der Waals surface area (Å²) in [5, 5.41) is -0.0103. The Labute approximate surface area is 89.9 Å². The minimum absolute atomic E-state index is 0.0103. The summed E-state index contributed by atoms with van der Waals surface area (Å²) in [6.45, 7) is 1.77. The number of alkyl halides is 1. The van der Waals surface area contributed by atoms with E-state index >= 15 is 0 Å². The highest BCUT2D eigenvalue weighted by Gasteiger charge is 2.10. The predicted octanol–water partition coefficient (Wildman–Crippen LogP) is 2.11. The summed E-state index contributed by atoms with van der Waals surface area (Å²) in [5.41, 5.74) is 0.634. The lowest BCUT2D eigenvalue weighted by Crippen LogP contribution is -2.13. The largest absolute Gasteiger partial charge is 0.309 e. The van der Waals surface area contributed by atoms with Crippen molar-refractivity contribution in [1.29, 1.82) is 0 Å². The molecule has 0 aliphatic rings. The molecule has 0 fully saturated rings. The first-order chi connectivity index (χ1) is 7.13. The van der Waals surface area contributed by atoms with E-state index in [4.69, 9.17) is 11.6 Å². The molecule has 0 saturated heterocycles. The molecule has 0 radical (unpaired) electrons. The molecule has 0 amide bonds. The monoisotopic (exact) mass is 226 g/mol. The van der Waals surface area contributed by atoms with Gasteiger partial charge in [0.15, 0.2) is 0 Å². The highest BCUT2D eigenvalue weighted by atomic mass is 35.5. The first-order valence-corrected chi connectivity index (χ1v) is 4.91. The third-order valence-corrected chi connectivity index (χ3v) is 2.44. The fraction of sp³-hybridized carbons (Fsp3) is 0.200. The van der Waals surface area contributed by atoms with Crippen molar-refractivity contribution in [1.82, 2.24) is 9.97 Å². The molecule has 0 unspecified atom stereocenters. The average molecular weight is 227 g/mol. The number of aryl methyl sites for hydroxylation is 1. The summed E-state index contributed by atoms with van der Waals surface area (Å²) in [6.07, 6.45) is 0. The van der Waals surface area contributed by atoms with Gasteiger partial charge in [-0.25, -0.2) is 9.37 Å². The van der Waals surface area contributed by atoms with Gasteiger partial charge in [-0.3, -0.25) is 4.79 Å². The lowest BCUT2D eigenvalue weighted by molar-refractivity contribution is 0.637. The topological polar surface area (TPSA) is 45.8 Å². The van der Waals surface area contributed by atoms with Crippen molar-refractivity contribution in [3.8, 4) is 0 Å². The minimum Gasteiger partial charge on any atom is -0.309 e. The van der Waals surface area contributed by atoms with Crippen LogP contribution in [0.2, 0.25) is 0 Å². The van der Waals surface area contributed by atoms with Crippen LogP contribution in [0, 0.1) is 12.7 Å². The number of aromatic amines is 1. The van der Waals surface area contributed by atoms with Crippen LogP contribution in [0.15, 0.2) is 16.9 Å². The number of benzene rings is 1. The number of H-pyrrole nitrogens is 1. The fourth-order valence-corrected chi connectivity index (χ4v) is 1.58. The van der Waals surface area contributed by atoms with E-state index in [0.29, 0.717) is 11.3 Å². The summed E-state index contributed by atoms with van der Waals surface area (Å²) < 4.78 is 13.4. The molecule has 15 heavy (non-hydrogen) atoms. The highest BCUT2D eigenvalue weighted by Crippen LogP contribution is 2.16. The van der Waals surface area contributed by atoms with Crippen LogP contribution < -0.4 is 5.56 Å². The van der Waals surface area contributed by atoms with E-state index in [0.717, 1.165) is 5.56 Å². The molecule has 5 heteroatoms. The smallest absolute Gasteiger partial charge is 0.261 e. The van der Waals surface area contributed by atoms with E-state index in [-0.39, 0.29) is 11.3 Å². The number of rotatable bonds is 1. The van der Waals surface area contributed by atoms with Crippen molar-refractivity contribution < 1.29 is 4.39 Å². The van der Waals surface area contributed by atoms with Gasteiger partial charge in [-0.05, 0) is 18.6 Å².